The van der Waals surface area contributed by atoms with E-state index in [9.17, 15) is 14.3 Å². The quantitative estimate of drug-likeness (QED) is 0.522. The minimum atomic E-state index is -0.325. The molecular formula is C26H31FN2O2S. The molecule has 0 aromatic heterocycles. The highest BCUT2D eigenvalue weighted by molar-refractivity contribution is 8.18. The number of amides is 1. The molecule has 0 bridgehead atoms. The van der Waals surface area contributed by atoms with Crippen LogP contribution in [0.3, 0.4) is 0 Å². The van der Waals surface area contributed by atoms with Crippen molar-refractivity contribution in [3.05, 3.63) is 63.8 Å². The highest BCUT2D eigenvalue weighted by Crippen LogP contribution is 2.41. The van der Waals surface area contributed by atoms with Crippen molar-refractivity contribution in [2.24, 2.45) is 4.99 Å². The number of aliphatic imine (C=N–C) groups is 1. The standard InChI is InChI=1S/C26H31FN2O2S/c1-8-29-23(31)21(32-24(29)28-18-11-9-17(27)10-12-18)15-16-13-19(25(2,3)4)22(30)20(14-16)26(5,6)7/h9-15,30H,8H2,1-7H3/b21-15+,28-24?. The summed E-state index contributed by atoms with van der Waals surface area (Å²) in [6, 6.07) is 9.80. The second-order valence-corrected chi connectivity index (χ2v) is 11.0. The van der Waals surface area contributed by atoms with E-state index in [1.54, 1.807) is 17.0 Å². The molecule has 170 valence electrons. The molecule has 0 spiro atoms. The smallest absolute Gasteiger partial charge is 0.266 e. The molecule has 0 radical (unpaired) electrons. The van der Waals surface area contributed by atoms with Crippen LogP contribution in [0.2, 0.25) is 0 Å². The highest BCUT2D eigenvalue weighted by Gasteiger charge is 2.33. The van der Waals surface area contributed by atoms with Gasteiger partial charge >= 0.3 is 0 Å². The van der Waals surface area contributed by atoms with E-state index in [4.69, 9.17) is 0 Å². The Bertz CT molecular complexity index is 1060. The number of nitrogens with zero attached hydrogens (tertiary/aromatic N) is 2. The van der Waals surface area contributed by atoms with Crippen LogP contribution in [0.1, 0.15) is 65.2 Å². The van der Waals surface area contributed by atoms with Crippen molar-refractivity contribution >= 4 is 34.6 Å². The Balaban J connectivity index is 2.07. The van der Waals surface area contributed by atoms with Crippen LogP contribution in [0, 0.1) is 5.82 Å². The molecule has 0 aliphatic carbocycles. The fraction of sp³-hybridized carbons (Fsp3) is 0.385. The highest BCUT2D eigenvalue weighted by atomic mass is 32.2. The van der Waals surface area contributed by atoms with Gasteiger partial charge in [0.1, 0.15) is 11.6 Å². The zero-order valence-electron chi connectivity index (χ0n) is 19.8. The molecule has 1 amide bonds. The number of hydrogen-bond acceptors (Lipinski definition) is 4. The monoisotopic (exact) mass is 454 g/mol. The molecule has 32 heavy (non-hydrogen) atoms. The molecule has 0 unspecified atom stereocenters. The van der Waals surface area contributed by atoms with Gasteiger partial charge in [0.05, 0.1) is 10.6 Å². The van der Waals surface area contributed by atoms with Crippen LogP contribution in [0.4, 0.5) is 10.1 Å². The second-order valence-electron chi connectivity index (χ2n) is 10.00. The average molecular weight is 455 g/mol. The lowest BCUT2D eigenvalue weighted by atomic mass is 9.78. The van der Waals surface area contributed by atoms with E-state index >= 15 is 0 Å². The summed E-state index contributed by atoms with van der Waals surface area (Å²) < 4.78 is 13.2. The molecule has 0 atom stereocenters. The molecule has 1 N–H and O–H groups in total. The molecule has 1 aliphatic rings. The number of likely N-dealkylation sites (N-methyl/N-ethyl adjacent to an activating group) is 1. The van der Waals surface area contributed by atoms with Crippen molar-refractivity contribution in [2.45, 2.75) is 59.3 Å². The lowest BCUT2D eigenvalue weighted by Gasteiger charge is -2.28. The summed E-state index contributed by atoms with van der Waals surface area (Å²) >= 11 is 1.31. The van der Waals surface area contributed by atoms with Crippen LogP contribution in [0.25, 0.3) is 6.08 Å². The van der Waals surface area contributed by atoms with Gasteiger partial charge < -0.3 is 5.11 Å². The summed E-state index contributed by atoms with van der Waals surface area (Å²) in [6.07, 6.45) is 1.87. The van der Waals surface area contributed by atoms with Crippen LogP contribution in [-0.2, 0) is 15.6 Å². The topological polar surface area (TPSA) is 52.9 Å². The Kier molecular flexibility index (Phi) is 6.57. The van der Waals surface area contributed by atoms with Gasteiger partial charge in [-0.15, -0.1) is 0 Å². The molecule has 6 heteroatoms. The van der Waals surface area contributed by atoms with Gasteiger partial charge in [0.15, 0.2) is 5.17 Å². The van der Waals surface area contributed by atoms with Crippen molar-refractivity contribution in [1.82, 2.24) is 4.90 Å². The molecule has 4 nitrogen and oxygen atoms in total. The van der Waals surface area contributed by atoms with Gasteiger partial charge in [0.2, 0.25) is 0 Å². The van der Waals surface area contributed by atoms with Gasteiger partial charge in [-0.3, -0.25) is 9.69 Å². The summed E-state index contributed by atoms with van der Waals surface area (Å²) in [4.78, 5) is 19.8. The van der Waals surface area contributed by atoms with Gasteiger partial charge in [-0.2, -0.15) is 0 Å². The van der Waals surface area contributed by atoms with Crippen LogP contribution in [-0.4, -0.2) is 27.6 Å². The minimum Gasteiger partial charge on any atom is -0.507 e. The zero-order valence-corrected chi connectivity index (χ0v) is 20.6. The lowest BCUT2D eigenvalue weighted by molar-refractivity contribution is -0.122. The van der Waals surface area contributed by atoms with E-state index in [2.05, 4.69) is 46.5 Å². The minimum absolute atomic E-state index is 0.110. The molecule has 1 heterocycles. The fourth-order valence-corrected chi connectivity index (χ4v) is 4.59. The number of phenols is 1. The zero-order chi connectivity index (χ0) is 23.8. The summed E-state index contributed by atoms with van der Waals surface area (Å²) in [5, 5.41) is 11.5. The normalized spacial score (nSPS) is 17.6. The van der Waals surface area contributed by atoms with Crippen molar-refractivity contribution in [1.29, 1.82) is 0 Å². The van der Waals surface area contributed by atoms with E-state index in [0.29, 0.717) is 28.1 Å². The lowest BCUT2D eigenvalue weighted by Crippen LogP contribution is -2.28. The number of benzene rings is 2. The van der Waals surface area contributed by atoms with E-state index in [-0.39, 0.29) is 22.6 Å². The first kappa shape index (κ1) is 24.1. The van der Waals surface area contributed by atoms with Crippen molar-refractivity contribution < 1.29 is 14.3 Å². The van der Waals surface area contributed by atoms with Crippen LogP contribution < -0.4 is 0 Å². The molecule has 1 saturated heterocycles. The van der Waals surface area contributed by atoms with E-state index < -0.39 is 0 Å². The Labute approximate surface area is 194 Å². The third-order valence-electron chi connectivity index (χ3n) is 5.30. The predicted octanol–water partition coefficient (Wildman–Crippen LogP) is 6.75. The summed E-state index contributed by atoms with van der Waals surface area (Å²) in [5.41, 5.74) is 2.65. The molecule has 1 aliphatic heterocycles. The molecule has 3 rings (SSSR count). The number of phenolic OH excluding ortho intramolecular Hbond substituents is 1. The number of aromatic hydroxyl groups is 1. The van der Waals surface area contributed by atoms with Crippen molar-refractivity contribution in [3.63, 3.8) is 0 Å². The Hall–Kier alpha value is -2.60. The molecular weight excluding hydrogens is 423 g/mol. The number of rotatable bonds is 3. The second kappa shape index (κ2) is 8.74. The number of amidine groups is 1. The maximum Gasteiger partial charge on any atom is 0.266 e. The van der Waals surface area contributed by atoms with E-state index in [0.717, 1.165) is 16.7 Å². The number of thioether (sulfide) groups is 1. The Morgan fingerprint density at radius 1 is 1.03 bits per heavy atom. The first-order valence-electron chi connectivity index (χ1n) is 10.7. The fourth-order valence-electron chi connectivity index (χ4n) is 3.53. The van der Waals surface area contributed by atoms with Gasteiger partial charge in [-0.25, -0.2) is 9.38 Å². The van der Waals surface area contributed by atoms with Crippen molar-refractivity contribution in [3.8, 4) is 5.75 Å². The Morgan fingerprint density at radius 2 is 1.56 bits per heavy atom. The predicted molar refractivity (Wildman–Crippen MR) is 132 cm³/mol. The van der Waals surface area contributed by atoms with Gasteiger partial charge in [0, 0.05) is 17.7 Å². The maximum atomic E-state index is 13.2. The third-order valence-corrected chi connectivity index (χ3v) is 6.31. The maximum absolute atomic E-state index is 13.2. The summed E-state index contributed by atoms with van der Waals surface area (Å²) in [6.45, 7) is 14.8. The average Bonchev–Trinajstić information content (AvgIpc) is 2.97. The largest absolute Gasteiger partial charge is 0.507 e. The van der Waals surface area contributed by atoms with Crippen molar-refractivity contribution in [2.75, 3.05) is 6.54 Å². The van der Waals surface area contributed by atoms with Gasteiger partial charge in [-0.05, 0) is 77.6 Å². The van der Waals surface area contributed by atoms with Crippen LogP contribution >= 0.6 is 11.8 Å². The van der Waals surface area contributed by atoms with Gasteiger partial charge in [0.25, 0.3) is 5.91 Å². The number of halogens is 1. The Morgan fingerprint density at radius 3 is 2.03 bits per heavy atom. The van der Waals surface area contributed by atoms with E-state index in [1.807, 2.05) is 25.1 Å². The summed E-state index contributed by atoms with van der Waals surface area (Å²) in [5.74, 6) is -0.124. The number of carbonyl (C=O) groups excluding carboxylic acids is 1. The van der Waals surface area contributed by atoms with Gasteiger partial charge in [-0.1, -0.05) is 41.5 Å². The first-order valence-corrected chi connectivity index (χ1v) is 11.6. The molecule has 1 fully saturated rings. The number of carbonyl (C=O) groups is 1. The van der Waals surface area contributed by atoms with E-state index in [1.165, 1.54) is 23.9 Å². The molecule has 2 aromatic rings. The molecule has 2 aromatic carbocycles. The van der Waals surface area contributed by atoms with Crippen LogP contribution in [0.5, 0.6) is 5.75 Å². The first-order chi connectivity index (χ1) is 14.8. The SMILES string of the molecule is CCN1C(=O)/C(=C\c2cc(C(C)(C)C)c(O)c(C(C)(C)C)c2)SC1=Nc1ccc(F)cc1. The number of hydrogen-bond donors (Lipinski definition) is 1. The molecule has 0 saturated carbocycles. The van der Waals surface area contributed by atoms with Crippen LogP contribution in [0.15, 0.2) is 46.3 Å². The third kappa shape index (κ3) is 5.07. The summed E-state index contributed by atoms with van der Waals surface area (Å²) in [7, 11) is 0.